The summed E-state index contributed by atoms with van der Waals surface area (Å²) in [7, 11) is 0. The van der Waals surface area contributed by atoms with Crippen molar-refractivity contribution in [3.05, 3.63) is 0 Å². The van der Waals surface area contributed by atoms with Gasteiger partial charge in [-0.2, -0.15) is 0 Å². The van der Waals surface area contributed by atoms with E-state index in [1.165, 1.54) is 0 Å². The van der Waals surface area contributed by atoms with Crippen LogP contribution in [0.4, 0.5) is 8.78 Å². The van der Waals surface area contributed by atoms with Crippen molar-refractivity contribution < 1.29 is 13.5 Å². The second-order valence-corrected chi connectivity index (χ2v) is 3.35. The molecule has 0 amide bonds. The molecule has 0 unspecified atom stereocenters. The average Bonchev–Trinajstić information content (AvgIpc) is 2.16. The number of hydrogen-bond donors (Lipinski definition) is 1. The summed E-state index contributed by atoms with van der Waals surface area (Å²) in [5, 5.41) is 3.19. The monoisotopic (exact) mass is 209 g/mol. The van der Waals surface area contributed by atoms with Gasteiger partial charge >= 0.3 is 0 Å². The van der Waals surface area contributed by atoms with Crippen LogP contribution < -0.4 is 5.32 Å². The van der Waals surface area contributed by atoms with Gasteiger partial charge in [0.25, 0.3) is 6.43 Å². The van der Waals surface area contributed by atoms with E-state index in [0.717, 1.165) is 19.4 Å². The summed E-state index contributed by atoms with van der Waals surface area (Å²) in [5.74, 6) is 0.685. The minimum absolute atomic E-state index is 0.366. The Morgan fingerprint density at radius 3 is 2.36 bits per heavy atom. The molecule has 0 aromatic carbocycles. The van der Waals surface area contributed by atoms with Gasteiger partial charge in [-0.05, 0) is 12.5 Å². The van der Waals surface area contributed by atoms with Crippen LogP contribution in [0.25, 0.3) is 0 Å². The number of hydrogen-bond acceptors (Lipinski definition) is 2. The van der Waals surface area contributed by atoms with E-state index in [0.29, 0.717) is 19.1 Å². The highest BCUT2D eigenvalue weighted by Crippen LogP contribution is 2.04. The topological polar surface area (TPSA) is 21.3 Å². The second kappa shape index (κ2) is 9.34. The number of rotatable bonds is 9. The maximum absolute atomic E-state index is 11.6. The fourth-order valence-electron chi connectivity index (χ4n) is 1.20. The van der Waals surface area contributed by atoms with Gasteiger partial charge in [-0.15, -0.1) is 0 Å². The van der Waals surface area contributed by atoms with E-state index in [4.69, 9.17) is 4.74 Å². The van der Waals surface area contributed by atoms with Gasteiger partial charge in [-0.3, -0.25) is 0 Å². The quantitative estimate of drug-likeness (QED) is 0.588. The summed E-state index contributed by atoms with van der Waals surface area (Å²) >= 11 is 0. The molecule has 0 aliphatic carbocycles. The van der Waals surface area contributed by atoms with Crippen LogP contribution in [0.5, 0.6) is 0 Å². The van der Waals surface area contributed by atoms with Crippen LogP contribution in [0.15, 0.2) is 0 Å². The van der Waals surface area contributed by atoms with Crippen LogP contribution in [-0.4, -0.2) is 32.7 Å². The molecule has 0 rings (SSSR count). The molecule has 0 aromatic heterocycles. The zero-order valence-electron chi connectivity index (χ0n) is 9.06. The van der Waals surface area contributed by atoms with Crippen molar-refractivity contribution in [2.24, 2.45) is 5.92 Å². The highest BCUT2D eigenvalue weighted by molar-refractivity contribution is 4.58. The van der Waals surface area contributed by atoms with Gasteiger partial charge in [0.05, 0.1) is 6.61 Å². The summed E-state index contributed by atoms with van der Waals surface area (Å²) in [6.45, 7) is 5.83. The summed E-state index contributed by atoms with van der Waals surface area (Å²) in [5.41, 5.74) is 0. The van der Waals surface area contributed by atoms with E-state index in [1.54, 1.807) is 0 Å². The van der Waals surface area contributed by atoms with Crippen molar-refractivity contribution in [2.75, 3.05) is 26.3 Å². The van der Waals surface area contributed by atoms with Crippen LogP contribution >= 0.6 is 0 Å². The van der Waals surface area contributed by atoms with E-state index in [-0.39, 0.29) is 0 Å². The third kappa shape index (κ3) is 8.38. The number of alkyl halides is 2. The zero-order chi connectivity index (χ0) is 10.8. The third-order valence-corrected chi connectivity index (χ3v) is 2.25. The number of halogens is 2. The molecule has 0 saturated heterocycles. The highest BCUT2D eigenvalue weighted by Gasteiger charge is 2.03. The van der Waals surface area contributed by atoms with E-state index < -0.39 is 13.0 Å². The summed E-state index contributed by atoms with van der Waals surface area (Å²) in [6, 6.07) is 0. The van der Waals surface area contributed by atoms with Crippen molar-refractivity contribution in [1.82, 2.24) is 5.32 Å². The first-order chi connectivity index (χ1) is 6.70. The van der Waals surface area contributed by atoms with E-state index in [2.05, 4.69) is 19.2 Å². The summed E-state index contributed by atoms with van der Waals surface area (Å²) < 4.78 is 28.0. The SMILES string of the molecule is CCC(CC)CNCCOCC(F)F. The standard InChI is InChI=1S/C10H21F2NO/c1-3-9(4-2)7-13-5-6-14-8-10(11)12/h9-10,13H,3-8H2,1-2H3. The summed E-state index contributed by atoms with van der Waals surface area (Å²) in [6.07, 6.45) is -0.0444. The van der Waals surface area contributed by atoms with Gasteiger partial charge in [0.15, 0.2) is 0 Å². The lowest BCUT2D eigenvalue weighted by molar-refractivity contribution is 0.0186. The van der Waals surface area contributed by atoms with Crippen molar-refractivity contribution >= 4 is 0 Å². The van der Waals surface area contributed by atoms with Crippen molar-refractivity contribution in [3.8, 4) is 0 Å². The molecule has 2 nitrogen and oxygen atoms in total. The normalized spacial score (nSPS) is 11.6. The molecule has 0 atom stereocenters. The summed E-state index contributed by atoms with van der Waals surface area (Å²) in [4.78, 5) is 0. The molecule has 0 heterocycles. The van der Waals surface area contributed by atoms with Gasteiger partial charge in [-0.1, -0.05) is 26.7 Å². The van der Waals surface area contributed by atoms with Crippen LogP contribution in [0, 0.1) is 5.92 Å². The molecule has 0 radical (unpaired) electrons. The van der Waals surface area contributed by atoms with Crippen LogP contribution in [0.1, 0.15) is 26.7 Å². The number of nitrogens with one attached hydrogen (secondary N) is 1. The van der Waals surface area contributed by atoms with Gasteiger partial charge in [-0.25, -0.2) is 8.78 Å². The first kappa shape index (κ1) is 13.8. The molecule has 14 heavy (non-hydrogen) atoms. The molecule has 0 saturated carbocycles. The van der Waals surface area contributed by atoms with Crippen molar-refractivity contribution in [3.63, 3.8) is 0 Å². The van der Waals surface area contributed by atoms with Crippen LogP contribution in [-0.2, 0) is 4.74 Å². The molecular weight excluding hydrogens is 188 g/mol. The molecular formula is C10H21F2NO. The molecule has 0 aromatic rings. The first-order valence-corrected chi connectivity index (χ1v) is 5.27. The van der Waals surface area contributed by atoms with Crippen LogP contribution in [0.2, 0.25) is 0 Å². The third-order valence-electron chi connectivity index (χ3n) is 2.25. The molecule has 0 aliphatic heterocycles. The fourth-order valence-corrected chi connectivity index (χ4v) is 1.20. The maximum Gasteiger partial charge on any atom is 0.261 e. The van der Waals surface area contributed by atoms with E-state index in [1.807, 2.05) is 0 Å². The maximum atomic E-state index is 11.6. The molecule has 86 valence electrons. The van der Waals surface area contributed by atoms with Crippen molar-refractivity contribution in [1.29, 1.82) is 0 Å². The van der Waals surface area contributed by atoms with Crippen molar-refractivity contribution in [2.45, 2.75) is 33.1 Å². The Bertz CT molecular complexity index is 119. The Hall–Kier alpha value is -0.220. The largest absolute Gasteiger partial charge is 0.374 e. The smallest absolute Gasteiger partial charge is 0.261 e. The van der Waals surface area contributed by atoms with E-state index in [9.17, 15) is 8.78 Å². The lowest BCUT2D eigenvalue weighted by Gasteiger charge is -2.13. The van der Waals surface area contributed by atoms with Gasteiger partial charge in [0, 0.05) is 6.54 Å². The average molecular weight is 209 g/mol. The number of ether oxygens (including phenoxy) is 1. The minimum Gasteiger partial charge on any atom is -0.374 e. The van der Waals surface area contributed by atoms with Gasteiger partial charge in [0.2, 0.25) is 0 Å². The Labute approximate surface area is 85.0 Å². The predicted octanol–water partition coefficient (Wildman–Crippen LogP) is 2.29. The second-order valence-electron chi connectivity index (χ2n) is 3.35. The molecule has 0 fully saturated rings. The molecule has 0 bridgehead atoms. The Morgan fingerprint density at radius 1 is 1.21 bits per heavy atom. The van der Waals surface area contributed by atoms with E-state index >= 15 is 0 Å². The lowest BCUT2D eigenvalue weighted by Crippen LogP contribution is -2.26. The Balaban J connectivity index is 3.12. The molecule has 0 spiro atoms. The molecule has 4 heteroatoms. The Morgan fingerprint density at radius 2 is 1.86 bits per heavy atom. The predicted molar refractivity (Wildman–Crippen MR) is 53.8 cm³/mol. The molecule has 1 N–H and O–H groups in total. The molecule has 0 aliphatic rings. The minimum atomic E-state index is -2.35. The van der Waals surface area contributed by atoms with Gasteiger partial charge < -0.3 is 10.1 Å². The Kier molecular flexibility index (Phi) is 9.19. The van der Waals surface area contributed by atoms with Crippen LogP contribution in [0.3, 0.4) is 0 Å². The zero-order valence-corrected chi connectivity index (χ0v) is 9.06. The highest BCUT2D eigenvalue weighted by atomic mass is 19.3. The van der Waals surface area contributed by atoms with Gasteiger partial charge in [0.1, 0.15) is 6.61 Å². The first-order valence-electron chi connectivity index (χ1n) is 5.27. The lowest BCUT2D eigenvalue weighted by atomic mass is 10.0. The fraction of sp³-hybridized carbons (Fsp3) is 1.00.